The number of rotatable bonds is 12. The van der Waals surface area contributed by atoms with Gasteiger partial charge in [-0.25, -0.2) is 14.6 Å². The number of cyclic esters (lactones) is 1. The van der Waals surface area contributed by atoms with Gasteiger partial charge in [0, 0.05) is 80.7 Å². The number of fused-ring (bicyclic) bond motifs is 5. The molecule has 4 aliphatic heterocycles. The molecule has 3 fully saturated rings. The number of aliphatic hydroxyl groups is 1. The molecule has 7 N–H and O–H groups in total. The largest absolute Gasteiger partial charge is 4.00 e. The minimum Gasteiger partial charge on any atom is -0.480 e. The van der Waals surface area contributed by atoms with Crippen LogP contribution in [0.15, 0.2) is 29.1 Å². The second-order valence-electron chi connectivity index (χ2n) is 18.4. The third-order valence-corrected chi connectivity index (χ3v) is 14.4. The number of likely N-dealkylation sites (tertiary alicyclic amines) is 1. The van der Waals surface area contributed by atoms with Crippen molar-refractivity contribution in [2.45, 2.75) is 135 Å². The van der Waals surface area contributed by atoms with Gasteiger partial charge in [-0.1, -0.05) is 39.5 Å². The summed E-state index contributed by atoms with van der Waals surface area (Å²) in [6, 6.07) is 7.44. The van der Waals surface area contributed by atoms with E-state index >= 15 is 0 Å². The van der Waals surface area contributed by atoms with E-state index in [1.165, 1.54) is 17.7 Å². The molecule has 2 saturated heterocycles. The molecule has 20 heteroatoms. The Balaban J connectivity index is 0.000000767. The van der Waals surface area contributed by atoms with Crippen molar-refractivity contribution in [3.8, 4) is 17.1 Å². The topological polar surface area (TPSA) is 278 Å². The van der Waals surface area contributed by atoms with E-state index in [0.29, 0.717) is 74.5 Å². The predicted molar refractivity (Wildman–Crippen MR) is 244 cm³/mol. The third kappa shape index (κ3) is 10.5. The molecular formula is C48H63N7O12Pt+4. The number of piperazine rings is 1. The number of unbranched alkanes of at least 4 members (excludes halogenated alkanes) is 3. The number of aryl methyl sites for hydroxylation is 1. The Morgan fingerprint density at radius 3 is 1.93 bits per heavy atom. The normalized spacial score (nSPS) is 21.5. The number of esters is 1. The van der Waals surface area contributed by atoms with Crippen LogP contribution in [0.25, 0.3) is 22.3 Å². The zero-order chi connectivity index (χ0) is 48.2. The second kappa shape index (κ2) is 22.0. The number of hydrogen-bond donors (Lipinski definition) is 5. The Bertz CT molecular complexity index is 2460. The SMILES string of the molecule is CCc1c2c(nc3ccc(OC(=O)N4CCN(C(=O)CCCCCCC(=O)N5CCC(C(=O)O)(C(=O)O)CC5)CC4)cc13)-c1cc3c(c(=O)n1C2)COC(=O)[C@]3(O)CC.N[C@@H]1CCCC[C@H]1N.[Pt+4]. The number of aromatic nitrogens is 2. The zero-order valence-electron chi connectivity index (χ0n) is 38.7. The summed E-state index contributed by atoms with van der Waals surface area (Å²) >= 11 is 0. The molecule has 8 rings (SSSR count). The molecule has 5 aliphatic rings. The Labute approximate surface area is 408 Å². The van der Waals surface area contributed by atoms with E-state index in [9.17, 15) is 48.9 Å². The summed E-state index contributed by atoms with van der Waals surface area (Å²) in [5, 5.41) is 30.7. The van der Waals surface area contributed by atoms with Crippen LogP contribution >= 0.6 is 0 Å². The van der Waals surface area contributed by atoms with Crippen LogP contribution in [0.3, 0.4) is 0 Å². The smallest absolute Gasteiger partial charge is 0.480 e. The third-order valence-electron chi connectivity index (χ3n) is 14.4. The Morgan fingerprint density at radius 2 is 1.38 bits per heavy atom. The van der Waals surface area contributed by atoms with Gasteiger partial charge < -0.3 is 55.5 Å². The van der Waals surface area contributed by atoms with Gasteiger partial charge in [-0.15, -0.1) is 0 Å². The first-order valence-corrected chi connectivity index (χ1v) is 23.7. The number of pyridine rings is 2. The van der Waals surface area contributed by atoms with E-state index in [1.807, 2.05) is 6.92 Å². The molecule has 68 heavy (non-hydrogen) atoms. The van der Waals surface area contributed by atoms with Crippen molar-refractivity contribution in [1.82, 2.24) is 24.3 Å². The van der Waals surface area contributed by atoms with Gasteiger partial charge in [0.15, 0.2) is 11.0 Å². The van der Waals surface area contributed by atoms with Crippen LogP contribution in [-0.4, -0.2) is 127 Å². The Kier molecular flexibility index (Phi) is 16.9. The van der Waals surface area contributed by atoms with Gasteiger partial charge in [0.05, 0.1) is 29.0 Å². The number of hydrogen-bond acceptors (Lipinski definition) is 13. The molecule has 1 aliphatic carbocycles. The average Bonchev–Trinajstić information content (AvgIpc) is 3.69. The van der Waals surface area contributed by atoms with Crippen molar-refractivity contribution in [1.29, 1.82) is 0 Å². The van der Waals surface area contributed by atoms with E-state index < -0.39 is 35.0 Å². The van der Waals surface area contributed by atoms with Gasteiger partial charge in [0.25, 0.3) is 5.56 Å². The van der Waals surface area contributed by atoms with Crippen molar-refractivity contribution in [3.63, 3.8) is 0 Å². The predicted octanol–water partition coefficient (Wildman–Crippen LogP) is 3.62. The molecule has 3 amide bonds. The second-order valence-corrected chi connectivity index (χ2v) is 18.4. The maximum absolute atomic E-state index is 13.7. The summed E-state index contributed by atoms with van der Waals surface area (Å²) in [4.78, 5) is 97.8. The van der Waals surface area contributed by atoms with Crippen molar-refractivity contribution in [2.24, 2.45) is 16.9 Å². The fourth-order valence-electron chi connectivity index (χ4n) is 9.98. The van der Waals surface area contributed by atoms with Gasteiger partial charge in [0.1, 0.15) is 12.4 Å². The first kappa shape index (κ1) is 52.1. The number of carboxylic acid groups (broad SMARTS) is 2. The van der Waals surface area contributed by atoms with Crippen molar-refractivity contribution in [2.75, 3.05) is 39.3 Å². The number of nitrogens with zero attached hydrogens (tertiary/aromatic N) is 5. The Morgan fingerprint density at radius 1 is 0.809 bits per heavy atom. The van der Waals surface area contributed by atoms with E-state index in [4.69, 9.17) is 25.9 Å². The number of amides is 3. The average molecular weight is 1130 g/mol. The van der Waals surface area contributed by atoms with Crippen LogP contribution in [-0.2, 0) is 74.9 Å². The number of aliphatic carboxylic acids is 2. The molecule has 0 bridgehead atoms. The number of ether oxygens (including phenoxy) is 2. The molecule has 0 spiro atoms. The quantitative estimate of drug-likeness (QED) is 0.0770. The molecule has 6 heterocycles. The molecule has 19 nitrogen and oxygen atoms in total. The maximum Gasteiger partial charge on any atom is 4.00 e. The molecule has 0 unspecified atom stereocenters. The number of nitrogens with two attached hydrogens (primary N) is 2. The monoisotopic (exact) mass is 1120 g/mol. The number of carbonyl (C=O) groups is 6. The molecule has 1 aromatic carbocycles. The standard InChI is InChI=1S/C42H49N5O12.C6H14N2.Pt/c1-3-26-27-21-25(11-12-31(27)43-35-28(26)23-47-32(35)22-30-29(36(47)50)24-58-39(55)42(30,57)4-2)59-40(56)46-19-17-45(18-20-46)34(49)10-8-6-5-7-9-33(48)44-15-13-41(14-16-44,37(51)52)38(53)54;7-5-3-1-2-4-6(5)8;/h11-12,21-22,57H,3-10,13-20,23-24H2,1-2H3,(H,51,52)(H,53,54);5-6H,1-4,7-8H2;/q;;+4/t42-;5-,6-;/m01./s1. The summed E-state index contributed by atoms with van der Waals surface area (Å²) in [7, 11) is 0. The molecule has 1 saturated carbocycles. The van der Waals surface area contributed by atoms with Gasteiger partial charge in [0.2, 0.25) is 11.8 Å². The Hall–Kier alpha value is -5.23. The summed E-state index contributed by atoms with van der Waals surface area (Å²) in [5.41, 5.74) is 11.3. The van der Waals surface area contributed by atoms with Crippen LogP contribution in [0, 0.1) is 5.41 Å². The van der Waals surface area contributed by atoms with Crippen LogP contribution in [0.5, 0.6) is 5.75 Å². The fourth-order valence-corrected chi connectivity index (χ4v) is 9.98. The first-order chi connectivity index (χ1) is 32.0. The number of benzene rings is 1. The summed E-state index contributed by atoms with van der Waals surface area (Å²) < 4.78 is 12.6. The van der Waals surface area contributed by atoms with E-state index in [1.54, 1.807) is 45.6 Å². The molecule has 3 aromatic rings. The number of piperidine rings is 1. The number of carbonyl (C=O) groups excluding carboxylic acids is 4. The van der Waals surface area contributed by atoms with Gasteiger partial charge >= 0.3 is 45.1 Å². The van der Waals surface area contributed by atoms with E-state index in [2.05, 4.69) is 0 Å². The maximum atomic E-state index is 13.7. The van der Waals surface area contributed by atoms with Crippen LogP contribution < -0.4 is 21.8 Å². The summed E-state index contributed by atoms with van der Waals surface area (Å²) in [6.07, 6.45) is 8.08. The first-order valence-electron chi connectivity index (χ1n) is 23.7. The summed E-state index contributed by atoms with van der Waals surface area (Å²) in [6.45, 7) is 5.26. The molecular weight excluding hydrogens is 1060 g/mol. The van der Waals surface area contributed by atoms with Crippen molar-refractivity contribution < 1.29 is 74.6 Å². The molecule has 3 atom stereocenters. The van der Waals surface area contributed by atoms with Crippen LogP contribution in [0.1, 0.15) is 120 Å². The van der Waals surface area contributed by atoms with E-state index in [0.717, 1.165) is 42.2 Å². The van der Waals surface area contributed by atoms with Gasteiger partial charge in [-0.3, -0.25) is 24.0 Å². The minimum atomic E-state index is -1.92. The van der Waals surface area contributed by atoms with Crippen LogP contribution in [0.4, 0.5) is 4.79 Å². The van der Waals surface area contributed by atoms with Crippen molar-refractivity contribution in [3.05, 3.63) is 56.9 Å². The van der Waals surface area contributed by atoms with E-state index in [-0.39, 0.29) is 114 Å². The zero-order valence-corrected chi connectivity index (χ0v) is 41.0. The summed E-state index contributed by atoms with van der Waals surface area (Å²) in [5.74, 6) is -3.32. The van der Waals surface area contributed by atoms with Gasteiger partial charge in [-0.05, 0) is 81.2 Å². The molecule has 368 valence electrons. The van der Waals surface area contributed by atoms with Crippen molar-refractivity contribution >= 4 is 46.7 Å². The van der Waals surface area contributed by atoms with Crippen LogP contribution in [0.2, 0.25) is 0 Å². The molecule has 0 radical (unpaired) electrons. The minimum absolute atomic E-state index is 0. The van der Waals surface area contributed by atoms with Gasteiger partial charge in [-0.2, -0.15) is 0 Å². The fraction of sp³-hybridized carbons (Fsp3) is 0.583. The number of carboxylic acids is 2. The molecule has 2 aromatic heterocycles.